The highest BCUT2D eigenvalue weighted by atomic mass is 35.6. The smallest absolute Gasteiger partial charge is 0.235 e. The molecule has 0 aliphatic rings. The van der Waals surface area contributed by atoms with Gasteiger partial charge in [0.1, 0.15) is 10.7 Å². The average molecular weight is 267 g/mol. The first-order chi connectivity index (χ1) is 5.46. The van der Waals surface area contributed by atoms with Crippen LogP contribution in [0.2, 0.25) is 5.02 Å². The average Bonchev–Trinajstić information content (AvgIpc) is 2.29. The quantitative estimate of drug-likeness (QED) is 0.725. The van der Waals surface area contributed by atoms with Gasteiger partial charge >= 0.3 is 0 Å². The summed E-state index contributed by atoms with van der Waals surface area (Å²) in [6, 6.07) is 0. The van der Waals surface area contributed by atoms with E-state index in [2.05, 4.69) is 4.37 Å². The molecule has 2 nitrogen and oxygen atoms in total. The van der Waals surface area contributed by atoms with E-state index < -0.39 is 3.79 Å². The number of hydrogen-bond donors (Lipinski definition) is 0. The van der Waals surface area contributed by atoms with Crippen LogP contribution in [-0.4, -0.2) is 11.5 Å². The van der Waals surface area contributed by atoms with Crippen LogP contribution in [0.3, 0.4) is 0 Å². The maximum absolute atomic E-state index is 5.78. The third kappa shape index (κ3) is 2.09. The summed E-state index contributed by atoms with van der Waals surface area (Å²) < 4.78 is 7.12. The summed E-state index contributed by atoms with van der Waals surface area (Å²) in [5.74, 6) is 0. The Morgan fingerprint density at radius 2 is 2.00 bits per heavy atom. The lowest BCUT2D eigenvalue weighted by atomic mass is 10.5. The zero-order valence-corrected chi connectivity index (χ0v) is 9.62. The number of ether oxygens (including phenoxy) is 1. The molecule has 68 valence electrons. The van der Waals surface area contributed by atoms with Crippen LogP contribution in [0.4, 0.5) is 0 Å². The molecule has 0 N–H and O–H groups in total. The summed E-state index contributed by atoms with van der Waals surface area (Å²) in [5.41, 5.74) is 0.205. The van der Waals surface area contributed by atoms with Gasteiger partial charge in [-0.1, -0.05) is 46.4 Å². The molecule has 0 amide bonds. The lowest BCUT2D eigenvalue weighted by Crippen LogP contribution is -2.00. The molecule has 0 saturated heterocycles. The van der Waals surface area contributed by atoms with Gasteiger partial charge in [0.25, 0.3) is 0 Å². The molecule has 1 aromatic rings. The highest BCUT2D eigenvalue weighted by molar-refractivity contribution is 7.08. The minimum Gasteiger partial charge on any atom is -0.485 e. The third-order valence-corrected chi connectivity index (χ3v) is 2.87. The van der Waals surface area contributed by atoms with Crippen LogP contribution in [0, 0.1) is 0 Å². The molecule has 7 heteroatoms. The largest absolute Gasteiger partial charge is 0.485 e. The molecule has 0 bridgehead atoms. The first kappa shape index (κ1) is 10.7. The van der Waals surface area contributed by atoms with Gasteiger partial charge in [-0.3, -0.25) is 0 Å². The Morgan fingerprint density at radius 1 is 1.42 bits per heavy atom. The van der Waals surface area contributed by atoms with E-state index in [-0.39, 0.29) is 10.7 Å². The number of methoxy groups -OCH3 is 1. The molecular formula is C5H3Cl4NOS. The molecule has 0 aliphatic carbocycles. The molecule has 1 rings (SSSR count). The van der Waals surface area contributed by atoms with Crippen molar-refractivity contribution in [3.63, 3.8) is 0 Å². The fraction of sp³-hybridized carbons (Fsp3) is 0.400. The molecule has 0 unspecified atom stereocenters. The molecule has 12 heavy (non-hydrogen) atoms. The molecule has 0 spiro atoms. The van der Waals surface area contributed by atoms with Crippen molar-refractivity contribution in [2.45, 2.75) is 3.79 Å². The summed E-state index contributed by atoms with van der Waals surface area (Å²) in [4.78, 5) is 0. The van der Waals surface area contributed by atoms with E-state index in [0.717, 1.165) is 11.5 Å². The second-order valence-corrected chi connectivity index (χ2v) is 5.23. The molecular weight excluding hydrogens is 264 g/mol. The fourth-order valence-corrected chi connectivity index (χ4v) is 2.34. The minimum atomic E-state index is -1.59. The number of aromatic nitrogens is 1. The fourth-order valence-electron chi connectivity index (χ4n) is 0.567. The standard InChI is InChI=1S/C5H3Cl4NOS/c1-11-4-2(6)3(10-12-4)5(7,8)9/h1H3. The Hall–Kier alpha value is 0.590. The molecule has 0 aliphatic heterocycles. The van der Waals surface area contributed by atoms with E-state index in [1.54, 1.807) is 0 Å². The number of nitrogens with zero attached hydrogens (tertiary/aromatic N) is 1. The summed E-state index contributed by atoms with van der Waals surface area (Å²) in [7, 11) is 1.47. The molecule has 0 radical (unpaired) electrons. The van der Waals surface area contributed by atoms with Crippen LogP contribution in [0.25, 0.3) is 0 Å². The zero-order chi connectivity index (χ0) is 9.35. The maximum atomic E-state index is 5.78. The van der Waals surface area contributed by atoms with E-state index in [0.29, 0.717) is 5.06 Å². The first-order valence-electron chi connectivity index (χ1n) is 2.73. The summed E-state index contributed by atoms with van der Waals surface area (Å²) in [5, 5.41) is 0.695. The van der Waals surface area contributed by atoms with Crippen molar-refractivity contribution >= 4 is 57.9 Å². The maximum Gasteiger partial charge on any atom is 0.235 e. The molecule has 0 saturated carbocycles. The summed E-state index contributed by atoms with van der Waals surface area (Å²) in [6.07, 6.45) is 0. The van der Waals surface area contributed by atoms with Crippen molar-refractivity contribution < 1.29 is 4.74 Å². The predicted octanol–water partition coefficient (Wildman–Crippen LogP) is 3.63. The highest BCUT2D eigenvalue weighted by Crippen LogP contribution is 2.45. The van der Waals surface area contributed by atoms with Gasteiger partial charge in [-0.15, -0.1) is 0 Å². The SMILES string of the molecule is COc1snc(C(Cl)(Cl)Cl)c1Cl. The normalized spacial score (nSPS) is 11.8. The number of rotatable bonds is 1. The predicted molar refractivity (Wildman–Crippen MR) is 52.9 cm³/mol. The lowest BCUT2D eigenvalue weighted by molar-refractivity contribution is 0.427. The van der Waals surface area contributed by atoms with Gasteiger partial charge in [0.15, 0.2) is 0 Å². The topological polar surface area (TPSA) is 22.1 Å². The zero-order valence-electron chi connectivity index (χ0n) is 5.78. The van der Waals surface area contributed by atoms with Crippen LogP contribution in [-0.2, 0) is 3.79 Å². The van der Waals surface area contributed by atoms with E-state index in [4.69, 9.17) is 51.1 Å². The first-order valence-corrected chi connectivity index (χ1v) is 5.01. The second-order valence-electron chi connectivity index (χ2n) is 1.83. The molecule has 1 heterocycles. The monoisotopic (exact) mass is 265 g/mol. The Morgan fingerprint density at radius 3 is 2.25 bits per heavy atom. The molecule has 0 aromatic carbocycles. The van der Waals surface area contributed by atoms with Crippen LogP contribution in [0.5, 0.6) is 5.06 Å². The van der Waals surface area contributed by atoms with Crippen LogP contribution >= 0.6 is 57.9 Å². The van der Waals surface area contributed by atoms with Crippen molar-refractivity contribution in [1.82, 2.24) is 4.37 Å². The van der Waals surface area contributed by atoms with Crippen molar-refractivity contribution in [2.75, 3.05) is 7.11 Å². The Labute approximate surface area is 93.5 Å². The van der Waals surface area contributed by atoms with E-state index in [1.807, 2.05) is 0 Å². The van der Waals surface area contributed by atoms with Gasteiger partial charge in [-0.2, -0.15) is 4.37 Å². The van der Waals surface area contributed by atoms with Gasteiger partial charge in [-0.05, 0) is 0 Å². The van der Waals surface area contributed by atoms with Crippen molar-refractivity contribution in [1.29, 1.82) is 0 Å². The van der Waals surface area contributed by atoms with Gasteiger partial charge in [0, 0.05) is 11.5 Å². The minimum absolute atomic E-state index is 0.205. The third-order valence-electron chi connectivity index (χ3n) is 1.06. The molecule has 0 fully saturated rings. The molecule has 0 atom stereocenters. The van der Waals surface area contributed by atoms with Crippen molar-refractivity contribution in [3.05, 3.63) is 10.7 Å². The molecule has 1 aromatic heterocycles. The van der Waals surface area contributed by atoms with Gasteiger partial charge < -0.3 is 4.74 Å². The number of hydrogen-bond acceptors (Lipinski definition) is 3. The van der Waals surface area contributed by atoms with Crippen molar-refractivity contribution in [2.24, 2.45) is 0 Å². The van der Waals surface area contributed by atoms with Gasteiger partial charge in [0.2, 0.25) is 8.86 Å². The van der Waals surface area contributed by atoms with Gasteiger partial charge in [0.05, 0.1) is 7.11 Å². The Kier molecular flexibility index (Phi) is 3.34. The van der Waals surface area contributed by atoms with Crippen LogP contribution in [0.1, 0.15) is 5.69 Å². The Bertz CT molecular complexity index is 281. The van der Waals surface area contributed by atoms with Crippen LogP contribution in [0.15, 0.2) is 0 Å². The van der Waals surface area contributed by atoms with Crippen molar-refractivity contribution in [3.8, 4) is 5.06 Å². The number of alkyl halides is 3. The van der Waals surface area contributed by atoms with E-state index in [1.165, 1.54) is 7.11 Å². The van der Waals surface area contributed by atoms with E-state index in [9.17, 15) is 0 Å². The summed E-state index contributed by atoms with van der Waals surface area (Å²) in [6.45, 7) is 0. The van der Waals surface area contributed by atoms with E-state index >= 15 is 0 Å². The second kappa shape index (κ2) is 3.76. The lowest BCUT2D eigenvalue weighted by Gasteiger charge is -2.06. The van der Waals surface area contributed by atoms with Gasteiger partial charge in [-0.25, -0.2) is 0 Å². The highest BCUT2D eigenvalue weighted by Gasteiger charge is 2.31. The van der Waals surface area contributed by atoms with Crippen LogP contribution < -0.4 is 4.74 Å². The number of halogens is 4. The Balaban J connectivity index is 3.11. The summed E-state index contributed by atoms with van der Waals surface area (Å²) >= 11 is 23.5.